The summed E-state index contributed by atoms with van der Waals surface area (Å²) < 4.78 is 12.8. The molecule has 0 radical (unpaired) electrons. The molecule has 2 rings (SSSR count). The van der Waals surface area contributed by atoms with E-state index in [1.807, 2.05) is 12.1 Å². The van der Waals surface area contributed by atoms with Crippen molar-refractivity contribution in [2.24, 2.45) is 0 Å². The second-order valence-electron chi connectivity index (χ2n) is 5.20. The molecule has 1 saturated carbocycles. The number of hydrogen-bond donors (Lipinski definition) is 2. The highest BCUT2D eigenvalue weighted by molar-refractivity contribution is 5.23. The van der Waals surface area contributed by atoms with Crippen LogP contribution < -0.4 is 5.32 Å². The standard InChI is InChI=1S/C15H22FNO/c1-2-14(7-8-18)17-15-9-12(10-15)11-3-5-13(16)6-4-11/h3-6,12,14-15,17-18H,2,7-10H2,1H3. The van der Waals surface area contributed by atoms with Crippen molar-refractivity contribution < 1.29 is 9.50 Å². The van der Waals surface area contributed by atoms with Gasteiger partial charge in [0, 0.05) is 18.7 Å². The van der Waals surface area contributed by atoms with E-state index in [0.29, 0.717) is 18.0 Å². The average molecular weight is 251 g/mol. The monoisotopic (exact) mass is 251 g/mol. The summed E-state index contributed by atoms with van der Waals surface area (Å²) in [6, 6.07) is 7.83. The highest BCUT2D eigenvalue weighted by Crippen LogP contribution is 2.37. The third-order valence-corrected chi connectivity index (χ3v) is 3.92. The molecule has 1 aromatic carbocycles. The molecule has 0 spiro atoms. The van der Waals surface area contributed by atoms with E-state index < -0.39 is 0 Å². The van der Waals surface area contributed by atoms with Crippen molar-refractivity contribution in [3.63, 3.8) is 0 Å². The van der Waals surface area contributed by atoms with Gasteiger partial charge in [-0.25, -0.2) is 4.39 Å². The molecule has 2 N–H and O–H groups in total. The molecular formula is C15H22FNO. The van der Waals surface area contributed by atoms with Gasteiger partial charge in [-0.2, -0.15) is 0 Å². The second kappa shape index (κ2) is 6.30. The van der Waals surface area contributed by atoms with Crippen LogP contribution in [-0.2, 0) is 0 Å². The molecule has 2 nitrogen and oxygen atoms in total. The van der Waals surface area contributed by atoms with Gasteiger partial charge in [-0.3, -0.25) is 0 Å². The molecule has 18 heavy (non-hydrogen) atoms. The molecule has 0 heterocycles. The summed E-state index contributed by atoms with van der Waals surface area (Å²) in [6.07, 6.45) is 4.12. The van der Waals surface area contributed by atoms with Crippen LogP contribution in [0.2, 0.25) is 0 Å². The SMILES string of the molecule is CCC(CCO)NC1CC(c2ccc(F)cc2)C1. The lowest BCUT2D eigenvalue weighted by molar-refractivity contribution is 0.221. The van der Waals surface area contributed by atoms with Crippen molar-refractivity contribution in [2.45, 2.75) is 50.6 Å². The van der Waals surface area contributed by atoms with Crippen molar-refractivity contribution in [3.8, 4) is 0 Å². The van der Waals surface area contributed by atoms with Gasteiger partial charge in [-0.1, -0.05) is 19.1 Å². The number of rotatable bonds is 6. The normalized spacial score (nSPS) is 24.6. The Labute approximate surface area is 108 Å². The lowest BCUT2D eigenvalue weighted by Crippen LogP contribution is -2.45. The first-order valence-electron chi connectivity index (χ1n) is 6.85. The Morgan fingerprint density at radius 2 is 2.00 bits per heavy atom. The second-order valence-corrected chi connectivity index (χ2v) is 5.20. The fourth-order valence-corrected chi connectivity index (χ4v) is 2.66. The van der Waals surface area contributed by atoms with Crippen molar-refractivity contribution in [3.05, 3.63) is 35.6 Å². The van der Waals surface area contributed by atoms with Gasteiger partial charge < -0.3 is 10.4 Å². The van der Waals surface area contributed by atoms with Crippen molar-refractivity contribution >= 4 is 0 Å². The minimum atomic E-state index is -0.165. The van der Waals surface area contributed by atoms with Crippen molar-refractivity contribution in [1.29, 1.82) is 0 Å². The summed E-state index contributed by atoms with van der Waals surface area (Å²) >= 11 is 0. The number of nitrogens with one attached hydrogen (secondary N) is 1. The Morgan fingerprint density at radius 1 is 1.33 bits per heavy atom. The van der Waals surface area contributed by atoms with E-state index >= 15 is 0 Å². The molecule has 0 amide bonds. The Balaban J connectivity index is 1.78. The van der Waals surface area contributed by atoms with Crippen LogP contribution in [0.5, 0.6) is 0 Å². The van der Waals surface area contributed by atoms with Crippen LogP contribution in [0.15, 0.2) is 24.3 Å². The maximum Gasteiger partial charge on any atom is 0.123 e. The minimum Gasteiger partial charge on any atom is -0.396 e. The van der Waals surface area contributed by atoms with Gasteiger partial charge in [0.15, 0.2) is 0 Å². The Hall–Kier alpha value is -0.930. The fraction of sp³-hybridized carbons (Fsp3) is 0.600. The zero-order chi connectivity index (χ0) is 13.0. The van der Waals surface area contributed by atoms with E-state index in [0.717, 1.165) is 25.7 Å². The van der Waals surface area contributed by atoms with E-state index in [-0.39, 0.29) is 12.4 Å². The number of halogens is 1. The molecule has 1 atom stereocenters. The van der Waals surface area contributed by atoms with Crippen LogP contribution in [0.3, 0.4) is 0 Å². The molecular weight excluding hydrogens is 229 g/mol. The summed E-state index contributed by atoms with van der Waals surface area (Å²) in [5, 5.41) is 12.5. The van der Waals surface area contributed by atoms with Crippen LogP contribution in [0, 0.1) is 5.82 Å². The maximum absolute atomic E-state index is 12.8. The van der Waals surface area contributed by atoms with Gasteiger partial charge >= 0.3 is 0 Å². The molecule has 1 fully saturated rings. The van der Waals surface area contributed by atoms with E-state index in [1.165, 1.54) is 17.7 Å². The lowest BCUT2D eigenvalue weighted by atomic mass is 9.75. The molecule has 0 aromatic heterocycles. The summed E-state index contributed by atoms with van der Waals surface area (Å²) in [4.78, 5) is 0. The van der Waals surface area contributed by atoms with E-state index in [1.54, 1.807) is 0 Å². The number of aliphatic hydroxyl groups excluding tert-OH is 1. The largest absolute Gasteiger partial charge is 0.396 e. The highest BCUT2D eigenvalue weighted by atomic mass is 19.1. The van der Waals surface area contributed by atoms with Crippen LogP contribution in [0.1, 0.15) is 44.1 Å². The molecule has 0 saturated heterocycles. The van der Waals surface area contributed by atoms with Crippen LogP contribution in [-0.4, -0.2) is 23.8 Å². The van der Waals surface area contributed by atoms with E-state index in [2.05, 4.69) is 12.2 Å². The number of hydrogen-bond acceptors (Lipinski definition) is 2. The molecule has 100 valence electrons. The first-order chi connectivity index (χ1) is 8.72. The minimum absolute atomic E-state index is 0.165. The van der Waals surface area contributed by atoms with Gasteiger partial charge in [0.1, 0.15) is 5.82 Å². The predicted octanol–water partition coefficient (Wildman–Crippen LogP) is 2.82. The smallest absolute Gasteiger partial charge is 0.123 e. The number of aliphatic hydroxyl groups is 1. The Kier molecular flexibility index (Phi) is 4.72. The average Bonchev–Trinajstić information content (AvgIpc) is 2.33. The Morgan fingerprint density at radius 3 is 2.56 bits per heavy atom. The molecule has 0 aliphatic heterocycles. The summed E-state index contributed by atoms with van der Waals surface area (Å²) in [5.41, 5.74) is 1.24. The highest BCUT2D eigenvalue weighted by Gasteiger charge is 2.31. The molecule has 0 bridgehead atoms. The van der Waals surface area contributed by atoms with Gasteiger partial charge in [-0.15, -0.1) is 0 Å². The van der Waals surface area contributed by atoms with Gasteiger partial charge in [0.25, 0.3) is 0 Å². The third kappa shape index (κ3) is 3.30. The zero-order valence-electron chi connectivity index (χ0n) is 10.9. The molecule has 3 heteroatoms. The Bertz CT molecular complexity index is 359. The van der Waals surface area contributed by atoms with Gasteiger partial charge in [0.2, 0.25) is 0 Å². The fourth-order valence-electron chi connectivity index (χ4n) is 2.66. The van der Waals surface area contributed by atoms with Crippen LogP contribution in [0.25, 0.3) is 0 Å². The number of benzene rings is 1. The van der Waals surface area contributed by atoms with E-state index in [9.17, 15) is 4.39 Å². The third-order valence-electron chi connectivity index (χ3n) is 3.92. The van der Waals surface area contributed by atoms with E-state index in [4.69, 9.17) is 5.11 Å². The molecule has 1 aromatic rings. The topological polar surface area (TPSA) is 32.3 Å². The van der Waals surface area contributed by atoms with Crippen LogP contribution >= 0.6 is 0 Å². The summed E-state index contributed by atoms with van der Waals surface area (Å²) in [6.45, 7) is 2.39. The zero-order valence-corrected chi connectivity index (χ0v) is 10.9. The van der Waals surface area contributed by atoms with Gasteiger partial charge in [0.05, 0.1) is 0 Å². The first kappa shape index (κ1) is 13.5. The molecule has 1 unspecified atom stereocenters. The molecule has 1 aliphatic carbocycles. The van der Waals surface area contributed by atoms with Crippen molar-refractivity contribution in [2.75, 3.05) is 6.61 Å². The van der Waals surface area contributed by atoms with Crippen LogP contribution in [0.4, 0.5) is 4.39 Å². The first-order valence-corrected chi connectivity index (χ1v) is 6.85. The summed E-state index contributed by atoms with van der Waals surface area (Å²) in [7, 11) is 0. The predicted molar refractivity (Wildman–Crippen MR) is 71.1 cm³/mol. The van der Waals surface area contributed by atoms with Gasteiger partial charge in [-0.05, 0) is 49.3 Å². The summed E-state index contributed by atoms with van der Waals surface area (Å²) in [5.74, 6) is 0.400. The lowest BCUT2D eigenvalue weighted by Gasteiger charge is -2.38. The quantitative estimate of drug-likeness (QED) is 0.815. The van der Waals surface area contributed by atoms with Crippen molar-refractivity contribution in [1.82, 2.24) is 5.32 Å². The maximum atomic E-state index is 12.8. The molecule has 1 aliphatic rings.